The molecule has 0 bridgehead atoms. The number of anilines is 1. The number of amides is 3. The van der Waals surface area contributed by atoms with Gasteiger partial charge in [0.15, 0.2) is 0 Å². The maximum Gasteiger partial charge on any atom is 0.319 e. The monoisotopic (exact) mass is 368 g/mol. The van der Waals surface area contributed by atoms with E-state index in [2.05, 4.69) is 41.7 Å². The molecule has 3 N–H and O–H groups in total. The summed E-state index contributed by atoms with van der Waals surface area (Å²) < 4.78 is 0. The first kappa shape index (κ1) is 20.4. The van der Waals surface area contributed by atoms with E-state index in [1.807, 2.05) is 24.3 Å². The van der Waals surface area contributed by atoms with Crippen molar-refractivity contribution in [2.45, 2.75) is 39.7 Å². The smallest absolute Gasteiger partial charge is 0.319 e. The van der Waals surface area contributed by atoms with Gasteiger partial charge in [0.05, 0.1) is 12.5 Å². The molecule has 0 spiro atoms. The molecule has 1 aromatic heterocycles. The van der Waals surface area contributed by atoms with Crippen LogP contribution in [0.15, 0.2) is 48.8 Å². The molecule has 1 unspecified atom stereocenters. The fraction of sp³-hybridized carbons (Fsp3) is 0.381. The summed E-state index contributed by atoms with van der Waals surface area (Å²) in [6.07, 6.45) is 4.55. The lowest BCUT2D eigenvalue weighted by atomic mass is 9.86. The van der Waals surface area contributed by atoms with Gasteiger partial charge < -0.3 is 16.0 Å². The van der Waals surface area contributed by atoms with E-state index in [4.69, 9.17) is 0 Å². The second-order valence-corrected chi connectivity index (χ2v) is 7.75. The van der Waals surface area contributed by atoms with E-state index in [-0.39, 0.29) is 29.8 Å². The van der Waals surface area contributed by atoms with Crippen molar-refractivity contribution in [2.24, 2.45) is 5.41 Å². The molecule has 0 radical (unpaired) electrons. The molecular weight excluding hydrogens is 340 g/mol. The largest absolute Gasteiger partial charge is 0.359 e. The number of hydrogen-bond donors (Lipinski definition) is 3. The Morgan fingerprint density at radius 2 is 1.93 bits per heavy atom. The fourth-order valence-electron chi connectivity index (χ4n) is 2.80. The Bertz CT molecular complexity index is 769. The van der Waals surface area contributed by atoms with E-state index >= 15 is 0 Å². The van der Waals surface area contributed by atoms with Gasteiger partial charge in [0.1, 0.15) is 0 Å². The van der Waals surface area contributed by atoms with Gasteiger partial charge in [-0.1, -0.05) is 39.0 Å². The first-order valence-electron chi connectivity index (χ1n) is 9.04. The van der Waals surface area contributed by atoms with Crippen LogP contribution >= 0.6 is 0 Å². The van der Waals surface area contributed by atoms with Crippen molar-refractivity contribution >= 4 is 17.6 Å². The average molecular weight is 368 g/mol. The minimum atomic E-state index is -0.287. The van der Waals surface area contributed by atoms with Crippen molar-refractivity contribution in [3.63, 3.8) is 0 Å². The van der Waals surface area contributed by atoms with Gasteiger partial charge in [-0.05, 0) is 41.2 Å². The first-order chi connectivity index (χ1) is 12.8. The first-order valence-corrected chi connectivity index (χ1v) is 9.04. The van der Waals surface area contributed by atoms with Crippen LogP contribution in [0.1, 0.15) is 44.4 Å². The van der Waals surface area contributed by atoms with Gasteiger partial charge in [-0.2, -0.15) is 0 Å². The number of benzene rings is 1. The topological polar surface area (TPSA) is 83.1 Å². The molecule has 0 fully saturated rings. The highest BCUT2D eigenvalue weighted by Crippen LogP contribution is 2.29. The van der Waals surface area contributed by atoms with Crippen LogP contribution in [0, 0.1) is 5.41 Å². The van der Waals surface area contributed by atoms with Crippen molar-refractivity contribution in [2.75, 3.05) is 12.4 Å². The van der Waals surface area contributed by atoms with E-state index in [0.29, 0.717) is 5.69 Å². The van der Waals surface area contributed by atoms with E-state index in [9.17, 15) is 9.59 Å². The summed E-state index contributed by atoms with van der Waals surface area (Å²) in [5.74, 6) is -0.0709. The van der Waals surface area contributed by atoms with Gasteiger partial charge >= 0.3 is 6.03 Å². The Morgan fingerprint density at radius 1 is 1.15 bits per heavy atom. The van der Waals surface area contributed by atoms with Crippen LogP contribution in [0.2, 0.25) is 0 Å². The molecule has 0 aliphatic carbocycles. The molecule has 2 aromatic rings. The minimum absolute atomic E-state index is 0.0429. The molecule has 0 saturated heterocycles. The van der Waals surface area contributed by atoms with Crippen molar-refractivity contribution in [1.82, 2.24) is 15.6 Å². The maximum absolute atomic E-state index is 12.5. The zero-order valence-corrected chi connectivity index (χ0v) is 16.4. The molecule has 6 heteroatoms. The van der Waals surface area contributed by atoms with Gasteiger partial charge in [0.25, 0.3) is 0 Å². The maximum atomic E-state index is 12.5. The van der Waals surface area contributed by atoms with E-state index in [1.165, 1.54) is 0 Å². The van der Waals surface area contributed by atoms with Crippen LogP contribution in [0.4, 0.5) is 10.5 Å². The number of likely N-dealkylation sites (N-methyl/N-ethyl adjacent to an activating group) is 1. The fourth-order valence-corrected chi connectivity index (χ4v) is 2.80. The SMILES string of the molecule is CNC(=O)Cc1cccc(NC(=O)NC(CC(C)(C)C)c2cccnc2)c1. The molecule has 2 rings (SSSR count). The average Bonchev–Trinajstić information content (AvgIpc) is 2.61. The number of carbonyl (C=O) groups is 2. The summed E-state index contributed by atoms with van der Waals surface area (Å²) in [5.41, 5.74) is 2.50. The van der Waals surface area contributed by atoms with Crippen LogP contribution in [0.5, 0.6) is 0 Å². The Hall–Kier alpha value is -2.89. The number of hydrogen-bond acceptors (Lipinski definition) is 3. The lowest BCUT2D eigenvalue weighted by Gasteiger charge is -2.27. The molecule has 3 amide bonds. The predicted octanol–water partition coefficient (Wildman–Crippen LogP) is 3.67. The van der Waals surface area contributed by atoms with Crippen LogP contribution in [0.3, 0.4) is 0 Å². The zero-order chi connectivity index (χ0) is 19.9. The van der Waals surface area contributed by atoms with Crippen LogP contribution < -0.4 is 16.0 Å². The summed E-state index contributed by atoms with van der Waals surface area (Å²) in [5, 5.41) is 8.49. The predicted molar refractivity (Wildman–Crippen MR) is 107 cm³/mol. The van der Waals surface area contributed by atoms with E-state index in [0.717, 1.165) is 17.5 Å². The Balaban J connectivity index is 2.07. The standard InChI is InChI=1S/C21H28N4O2/c1-21(2,3)13-18(16-8-6-10-23-14-16)25-20(27)24-17-9-5-7-15(11-17)12-19(26)22-4/h5-11,14,18H,12-13H2,1-4H3,(H,22,26)(H2,24,25,27). The quantitative estimate of drug-likeness (QED) is 0.727. The van der Waals surface area contributed by atoms with E-state index in [1.54, 1.807) is 31.6 Å². The normalized spacial score (nSPS) is 12.1. The summed E-state index contributed by atoms with van der Waals surface area (Å²) in [6, 6.07) is 10.7. The second-order valence-electron chi connectivity index (χ2n) is 7.75. The molecule has 144 valence electrons. The highest BCUT2D eigenvalue weighted by Gasteiger charge is 2.22. The zero-order valence-electron chi connectivity index (χ0n) is 16.4. The Morgan fingerprint density at radius 3 is 2.56 bits per heavy atom. The van der Waals surface area contributed by atoms with Gasteiger partial charge in [-0.25, -0.2) is 4.79 Å². The molecule has 0 aliphatic heterocycles. The summed E-state index contributed by atoms with van der Waals surface area (Å²) in [4.78, 5) is 28.2. The number of pyridine rings is 1. The number of carbonyl (C=O) groups excluding carboxylic acids is 2. The third kappa shape index (κ3) is 7.09. The number of nitrogens with zero attached hydrogens (tertiary/aromatic N) is 1. The van der Waals surface area contributed by atoms with Gasteiger partial charge in [0, 0.05) is 25.1 Å². The molecule has 0 saturated carbocycles. The lowest BCUT2D eigenvalue weighted by molar-refractivity contribution is -0.119. The summed E-state index contributed by atoms with van der Waals surface area (Å²) in [6.45, 7) is 6.41. The molecule has 6 nitrogen and oxygen atoms in total. The minimum Gasteiger partial charge on any atom is -0.359 e. The second kappa shape index (κ2) is 9.16. The number of rotatable bonds is 6. The number of urea groups is 1. The highest BCUT2D eigenvalue weighted by atomic mass is 16.2. The lowest BCUT2D eigenvalue weighted by Crippen LogP contribution is -2.34. The van der Waals surface area contributed by atoms with E-state index < -0.39 is 0 Å². The molecule has 1 atom stereocenters. The Kier molecular flexibility index (Phi) is 6.93. The third-order valence-electron chi connectivity index (χ3n) is 4.04. The Labute approximate surface area is 160 Å². The molecule has 27 heavy (non-hydrogen) atoms. The number of aromatic nitrogens is 1. The summed E-state index contributed by atoms with van der Waals surface area (Å²) in [7, 11) is 1.60. The molecule has 1 aromatic carbocycles. The van der Waals surface area contributed by atoms with Crippen LogP contribution in [-0.2, 0) is 11.2 Å². The van der Waals surface area contributed by atoms with Gasteiger partial charge in [0.2, 0.25) is 5.91 Å². The molecular formula is C21H28N4O2. The van der Waals surface area contributed by atoms with Crippen molar-refractivity contribution < 1.29 is 9.59 Å². The third-order valence-corrected chi connectivity index (χ3v) is 4.04. The van der Waals surface area contributed by atoms with Gasteiger partial charge in [-0.3, -0.25) is 9.78 Å². The van der Waals surface area contributed by atoms with Gasteiger partial charge in [-0.15, -0.1) is 0 Å². The van der Waals surface area contributed by atoms with Crippen LogP contribution in [-0.4, -0.2) is 24.0 Å². The summed E-state index contributed by atoms with van der Waals surface area (Å²) >= 11 is 0. The van der Waals surface area contributed by atoms with Crippen molar-refractivity contribution in [3.8, 4) is 0 Å². The highest BCUT2D eigenvalue weighted by molar-refractivity contribution is 5.89. The molecule has 0 aliphatic rings. The van der Waals surface area contributed by atoms with Crippen molar-refractivity contribution in [3.05, 3.63) is 59.9 Å². The number of nitrogens with one attached hydrogen (secondary N) is 3. The van der Waals surface area contributed by atoms with Crippen molar-refractivity contribution in [1.29, 1.82) is 0 Å². The van der Waals surface area contributed by atoms with Crippen LogP contribution in [0.25, 0.3) is 0 Å². The molecule has 1 heterocycles.